The number of hydrogen-bond acceptors (Lipinski definition) is 5. The Balaban J connectivity index is 1.56. The van der Waals surface area contributed by atoms with Crippen molar-refractivity contribution in [2.45, 2.75) is 19.1 Å². The van der Waals surface area contributed by atoms with Crippen molar-refractivity contribution in [3.8, 4) is 5.75 Å². The van der Waals surface area contributed by atoms with Gasteiger partial charge in [0.25, 0.3) is 5.69 Å². The molecule has 2 aromatic rings. The summed E-state index contributed by atoms with van der Waals surface area (Å²) >= 11 is 0. The summed E-state index contributed by atoms with van der Waals surface area (Å²) in [5.74, 6) is 0.268. The first-order chi connectivity index (χ1) is 13.1. The normalized spacial score (nSPS) is 16.1. The van der Waals surface area contributed by atoms with Crippen LogP contribution in [0, 0.1) is 10.1 Å². The number of nitro groups is 1. The maximum Gasteiger partial charge on any atom is 0.415 e. The average molecular weight is 368 g/mol. The Bertz CT molecular complexity index is 805. The van der Waals surface area contributed by atoms with E-state index in [9.17, 15) is 14.9 Å². The second-order valence-electron chi connectivity index (χ2n) is 6.10. The van der Waals surface area contributed by atoms with Gasteiger partial charge in [0.1, 0.15) is 5.75 Å². The average Bonchev–Trinajstić information content (AvgIpc) is 2.69. The van der Waals surface area contributed by atoms with Gasteiger partial charge in [-0.05, 0) is 24.1 Å². The summed E-state index contributed by atoms with van der Waals surface area (Å²) in [7, 11) is 0. The molecule has 7 nitrogen and oxygen atoms in total. The van der Waals surface area contributed by atoms with Crippen molar-refractivity contribution in [2.75, 3.05) is 13.2 Å². The number of benzene rings is 2. The second-order valence-corrected chi connectivity index (χ2v) is 6.10. The van der Waals surface area contributed by atoms with E-state index in [1.807, 2.05) is 42.5 Å². The number of nitro benzene ring substituents is 1. The van der Waals surface area contributed by atoms with Crippen LogP contribution in [-0.2, 0) is 11.3 Å². The van der Waals surface area contributed by atoms with Gasteiger partial charge in [-0.25, -0.2) is 4.79 Å². The molecular weight excluding hydrogens is 348 g/mol. The summed E-state index contributed by atoms with van der Waals surface area (Å²) in [6, 6.07) is 15.0. The van der Waals surface area contributed by atoms with Crippen LogP contribution in [0.15, 0.2) is 66.7 Å². The Kier molecular flexibility index (Phi) is 6.17. The first-order valence-electron chi connectivity index (χ1n) is 8.65. The van der Waals surface area contributed by atoms with Gasteiger partial charge < -0.3 is 9.47 Å². The number of carbonyl (C=O) groups is 1. The fraction of sp³-hybridized carbons (Fsp3) is 0.250. The molecule has 1 aliphatic heterocycles. The first kappa shape index (κ1) is 18.6. The molecule has 0 fully saturated rings. The third-order valence-electron chi connectivity index (χ3n) is 4.18. The molecule has 1 amide bonds. The Morgan fingerprint density at radius 2 is 1.89 bits per heavy atom. The van der Waals surface area contributed by atoms with E-state index in [2.05, 4.69) is 0 Å². The minimum Gasteiger partial charge on any atom is -0.410 e. The highest BCUT2D eigenvalue weighted by atomic mass is 16.6. The predicted octanol–water partition coefficient (Wildman–Crippen LogP) is 3.94. The minimum absolute atomic E-state index is 0.0529. The lowest BCUT2D eigenvalue weighted by Crippen LogP contribution is -2.45. The fourth-order valence-electron chi connectivity index (χ4n) is 2.78. The molecule has 0 N–H and O–H groups in total. The van der Waals surface area contributed by atoms with Crippen molar-refractivity contribution in [2.24, 2.45) is 0 Å². The Morgan fingerprint density at radius 3 is 2.59 bits per heavy atom. The Labute approximate surface area is 157 Å². The molecule has 27 heavy (non-hydrogen) atoms. The lowest BCUT2D eigenvalue weighted by molar-refractivity contribution is -0.384. The molecule has 0 aromatic heterocycles. The van der Waals surface area contributed by atoms with E-state index in [0.29, 0.717) is 19.8 Å². The number of ether oxygens (including phenoxy) is 2. The van der Waals surface area contributed by atoms with E-state index in [1.165, 1.54) is 24.3 Å². The maximum atomic E-state index is 12.5. The summed E-state index contributed by atoms with van der Waals surface area (Å²) in [6.45, 7) is 1.36. The van der Waals surface area contributed by atoms with E-state index in [0.717, 1.165) is 12.0 Å². The second kappa shape index (κ2) is 8.95. The summed E-state index contributed by atoms with van der Waals surface area (Å²) in [6.07, 6.45) is 4.20. The van der Waals surface area contributed by atoms with Crippen molar-refractivity contribution in [3.05, 3.63) is 82.4 Å². The molecule has 140 valence electrons. The van der Waals surface area contributed by atoms with Gasteiger partial charge in [-0.3, -0.25) is 15.0 Å². The maximum absolute atomic E-state index is 12.5. The van der Waals surface area contributed by atoms with E-state index in [4.69, 9.17) is 9.47 Å². The smallest absolute Gasteiger partial charge is 0.410 e. The molecule has 3 rings (SSSR count). The number of non-ortho nitro benzene ring substituents is 1. The molecule has 1 aliphatic rings. The molecular formula is C20H20N2O5. The van der Waals surface area contributed by atoms with Crippen LogP contribution in [0.3, 0.4) is 0 Å². The monoisotopic (exact) mass is 368 g/mol. The van der Waals surface area contributed by atoms with Gasteiger partial charge in [-0.1, -0.05) is 42.5 Å². The van der Waals surface area contributed by atoms with Crippen LogP contribution >= 0.6 is 0 Å². The van der Waals surface area contributed by atoms with Crippen molar-refractivity contribution in [3.63, 3.8) is 0 Å². The highest BCUT2D eigenvalue weighted by Gasteiger charge is 2.25. The molecule has 0 aliphatic carbocycles. The summed E-state index contributed by atoms with van der Waals surface area (Å²) in [5.41, 5.74) is 1.01. The SMILES string of the molecule is O=C(Oc1ccc([N+](=O)[O-])cc1)N1CCC=C[C@@H]1COCc1ccccc1. The molecule has 0 saturated heterocycles. The van der Waals surface area contributed by atoms with Gasteiger partial charge in [0.2, 0.25) is 0 Å². The van der Waals surface area contributed by atoms with Crippen molar-refractivity contribution in [1.82, 2.24) is 4.90 Å². The highest BCUT2D eigenvalue weighted by Crippen LogP contribution is 2.20. The van der Waals surface area contributed by atoms with Crippen molar-refractivity contribution in [1.29, 1.82) is 0 Å². The molecule has 0 saturated carbocycles. The van der Waals surface area contributed by atoms with Crippen LogP contribution in [0.2, 0.25) is 0 Å². The van der Waals surface area contributed by atoms with Gasteiger partial charge in [-0.15, -0.1) is 0 Å². The fourth-order valence-corrected chi connectivity index (χ4v) is 2.78. The van der Waals surface area contributed by atoms with Crippen molar-refractivity contribution >= 4 is 11.8 Å². The van der Waals surface area contributed by atoms with Crippen molar-refractivity contribution < 1.29 is 19.2 Å². The molecule has 0 unspecified atom stereocenters. The topological polar surface area (TPSA) is 81.9 Å². The van der Waals surface area contributed by atoms with Crippen LogP contribution in [-0.4, -0.2) is 35.1 Å². The number of hydrogen-bond donors (Lipinski definition) is 0. The van der Waals surface area contributed by atoms with Crippen LogP contribution < -0.4 is 4.74 Å². The molecule has 2 aromatic carbocycles. The quantitative estimate of drug-likeness (QED) is 0.438. The van der Waals surface area contributed by atoms with Gasteiger partial charge in [0.05, 0.1) is 24.2 Å². The third kappa shape index (κ3) is 5.15. The zero-order chi connectivity index (χ0) is 19.1. The number of amides is 1. The highest BCUT2D eigenvalue weighted by molar-refractivity contribution is 5.71. The summed E-state index contributed by atoms with van der Waals surface area (Å²) < 4.78 is 11.1. The number of carbonyl (C=O) groups excluding carboxylic acids is 1. The van der Waals surface area contributed by atoms with E-state index in [-0.39, 0.29) is 17.5 Å². The van der Waals surface area contributed by atoms with E-state index < -0.39 is 11.0 Å². The summed E-state index contributed by atoms with van der Waals surface area (Å²) in [5, 5.41) is 10.7. The molecule has 7 heteroatoms. The van der Waals surface area contributed by atoms with Crippen LogP contribution in [0.4, 0.5) is 10.5 Å². The standard InChI is InChI=1S/C20H20N2O5/c23-20(27-19-11-9-17(10-12-19)22(24)25)21-13-5-4-8-18(21)15-26-14-16-6-2-1-3-7-16/h1-4,6-12,18H,5,13-15H2/t18-/m1/s1. The predicted molar refractivity (Wildman–Crippen MR) is 99.5 cm³/mol. The van der Waals surface area contributed by atoms with E-state index in [1.54, 1.807) is 4.90 Å². The lowest BCUT2D eigenvalue weighted by atomic mass is 10.1. The summed E-state index contributed by atoms with van der Waals surface area (Å²) in [4.78, 5) is 24.3. The number of rotatable bonds is 6. The van der Waals surface area contributed by atoms with Gasteiger partial charge in [0, 0.05) is 18.7 Å². The van der Waals surface area contributed by atoms with E-state index >= 15 is 0 Å². The third-order valence-corrected chi connectivity index (χ3v) is 4.18. The molecule has 1 atom stereocenters. The largest absolute Gasteiger partial charge is 0.415 e. The lowest BCUT2D eigenvalue weighted by Gasteiger charge is -2.31. The molecule has 0 radical (unpaired) electrons. The Hall–Kier alpha value is -3.19. The van der Waals surface area contributed by atoms with Crippen LogP contribution in [0.5, 0.6) is 5.75 Å². The van der Waals surface area contributed by atoms with Gasteiger partial charge >= 0.3 is 6.09 Å². The zero-order valence-corrected chi connectivity index (χ0v) is 14.7. The van der Waals surface area contributed by atoms with Crippen LogP contribution in [0.25, 0.3) is 0 Å². The zero-order valence-electron chi connectivity index (χ0n) is 14.7. The molecule has 0 spiro atoms. The molecule has 1 heterocycles. The minimum atomic E-state index is -0.499. The van der Waals surface area contributed by atoms with Gasteiger partial charge in [0.15, 0.2) is 0 Å². The molecule has 0 bridgehead atoms. The van der Waals surface area contributed by atoms with Crippen LogP contribution in [0.1, 0.15) is 12.0 Å². The Morgan fingerprint density at radius 1 is 1.15 bits per heavy atom. The first-order valence-corrected chi connectivity index (χ1v) is 8.65. The number of nitrogens with zero attached hydrogens (tertiary/aromatic N) is 2. The van der Waals surface area contributed by atoms with Gasteiger partial charge in [-0.2, -0.15) is 0 Å².